The second-order valence-corrected chi connectivity index (χ2v) is 4.82. The monoisotopic (exact) mass is 217 g/mol. The third kappa shape index (κ3) is 5.14. The van der Waals surface area contributed by atoms with Gasteiger partial charge in [-0.2, -0.15) is 0 Å². The van der Waals surface area contributed by atoms with Gasteiger partial charge in [0.05, 0.1) is 0 Å². The van der Waals surface area contributed by atoms with Crippen molar-refractivity contribution in [1.82, 2.24) is 5.32 Å². The van der Waals surface area contributed by atoms with Crippen LogP contribution in [-0.2, 0) is 9.53 Å². The van der Waals surface area contributed by atoms with Crippen molar-refractivity contribution < 1.29 is 14.6 Å². The smallest absolute Gasteiger partial charge is 0.249 e. The van der Waals surface area contributed by atoms with Gasteiger partial charge in [-0.3, -0.25) is 4.79 Å². The number of nitrogens with one attached hydrogen (secondary N) is 1. The molecule has 1 amide bonds. The van der Waals surface area contributed by atoms with Gasteiger partial charge >= 0.3 is 0 Å². The van der Waals surface area contributed by atoms with E-state index in [0.29, 0.717) is 6.42 Å². The Morgan fingerprint density at radius 2 is 2.00 bits per heavy atom. The molecule has 0 aromatic carbocycles. The lowest BCUT2D eigenvalue weighted by Gasteiger charge is -2.31. The molecule has 0 saturated carbocycles. The number of carbonyl (C=O) groups is 1. The van der Waals surface area contributed by atoms with Crippen LogP contribution in [0.4, 0.5) is 0 Å². The van der Waals surface area contributed by atoms with Crippen molar-refractivity contribution in [3.8, 4) is 0 Å². The molecule has 15 heavy (non-hydrogen) atoms. The van der Waals surface area contributed by atoms with E-state index in [-0.39, 0.29) is 24.0 Å². The standard InChI is InChI=1S/C11H23NO3/c1-8(15-5)10(14)12-9(6-7-13)11(2,3)4/h8-9,13H,6-7H2,1-5H3,(H,12,14). The first-order valence-corrected chi connectivity index (χ1v) is 5.27. The van der Waals surface area contributed by atoms with Crippen molar-refractivity contribution in [2.24, 2.45) is 5.41 Å². The maximum Gasteiger partial charge on any atom is 0.249 e. The molecular weight excluding hydrogens is 194 g/mol. The maximum absolute atomic E-state index is 11.6. The molecular formula is C11H23NO3. The third-order valence-electron chi connectivity index (χ3n) is 2.50. The van der Waals surface area contributed by atoms with E-state index < -0.39 is 6.10 Å². The largest absolute Gasteiger partial charge is 0.396 e. The zero-order valence-corrected chi connectivity index (χ0v) is 10.3. The molecule has 0 aliphatic carbocycles. The van der Waals surface area contributed by atoms with Gasteiger partial charge in [0.2, 0.25) is 5.91 Å². The Kier molecular flexibility index (Phi) is 5.83. The first kappa shape index (κ1) is 14.4. The van der Waals surface area contributed by atoms with Gasteiger partial charge in [0.15, 0.2) is 0 Å². The van der Waals surface area contributed by atoms with Gasteiger partial charge in [-0.15, -0.1) is 0 Å². The van der Waals surface area contributed by atoms with Crippen molar-refractivity contribution in [2.45, 2.75) is 46.3 Å². The summed E-state index contributed by atoms with van der Waals surface area (Å²) < 4.78 is 4.93. The topological polar surface area (TPSA) is 58.6 Å². The number of methoxy groups -OCH3 is 1. The van der Waals surface area contributed by atoms with E-state index in [0.717, 1.165) is 0 Å². The van der Waals surface area contributed by atoms with Crippen molar-refractivity contribution in [2.75, 3.05) is 13.7 Å². The molecule has 0 rings (SSSR count). The Morgan fingerprint density at radius 3 is 2.33 bits per heavy atom. The first-order chi connectivity index (χ1) is 6.82. The van der Waals surface area contributed by atoms with E-state index in [1.54, 1.807) is 6.92 Å². The molecule has 0 fully saturated rings. The average Bonchev–Trinajstić information content (AvgIpc) is 2.14. The molecule has 0 heterocycles. The van der Waals surface area contributed by atoms with Gasteiger partial charge in [-0.05, 0) is 18.8 Å². The molecule has 0 radical (unpaired) electrons. The van der Waals surface area contributed by atoms with E-state index in [9.17, 15) is 4.79 Å². The van der Waals surface area contributed by atoms with Crippen molar-refractivity contribution in [3.05, 3.63) is 0 Å². The highest BCUT2D eigenvalue weighted by atomic mass is 16.5. The summed E-state index contributed by atoms with van der Waals surface area (Å²) in [5.74, 6) is -0.133. The maximum atomic E-state index is 11.6. The van der Waals surface area contributed by atoms with Crippen LogP contribution < -0.4 is 5.32 Å². The third-order valence-corrected chi connectivity index (χ3v) is 2.50. The summed E-state index contributed by atoms with van der Waals surface area (Å²) in [6, 6.07) is -0.0346. The normalized spacial score (nSPS) is 15.9. The summed E-state index contributed by atoms with van der Waals surface area (Å²) in [6.45, 7) is 7.87. The van der Waals surface area contributed by atoms with Gasteiger partial charge in [0, 0.05) is 19.8 Å². The molecule has 2 atom stereocenters. The number of rotatable bonds is 5. The predicted octanol–water partition coefficient (Wildman–Crippen LogP) is 0.935. The summed E-state index contributed by atoms with van der Waals surface area (Å²) in [6.07, 6.45) is 0.111. The number of hydrogen-bond donors (Lipinski definition) is 2. The minimum Gasteiger partial charge on any atom is -0.396 e. The fraction of sp³-hybridized carbons (Fsp3) is 0.909. The molecule has 90 valence electrons. The van der Waals surface area contributed by atoms with Crippen LogP contribution in [0.15, 0.2) is 0 Å². The Morgan fingerprint density at radius 1 is 1.47 bits per heavy atom. The molecule has 2 N–H and O–H groups in total. The van der Waals surface area contributed by atoms with Gasteiger partial charge in [-0.1, -0.05) is 20.8 Å². The van der Waals surface area contributed by atoms with Crippen molar-refractivity contribution in [1.29, 1.82) is 0 Å². The Bertz CT molecular complexity index is 198. The fourth-order valence-electron chi connectivity index (χ4n) is 1.25. The molecule has 0 spiro atoms. The van der Waals surface area contributed by atoms with Gasteiger partial charge in [-0.25, -0.2) is 0 Å². The van der Waals surface area contributed by atoms with E-state index in [1.807, 2.05) is 20.8 Å². The number of hydrogen-bond acceptors (Lipinski definition) is 3. The highest BCUT2D eigenvalue weighted by Gasteiger charge is 2.27. The number of amides is 1. The summed E-state index contributed by atoms with van der Waals surface area (Å²) in [5.41, 5.74) is -0.0636. The van der Waals surface area contributed by atoms with Crippen LogP contribution in [0, 0.1) is 5.41 Å². The molecule has 0 aliphatic heterocycles. The van der Waals surface area contributed by atoms with E-state index in [1.165, 1.54) is 7.11 Å². The van der Waals surface area contributed by atoms with Crippen LogP contribution >= 0.6 is 0 Å². The number of aliphatic hydroxyl groups excluding tert-OH is 1. The minimum atomic E-state index is -0.450. The van der Waals surface area contributed by atoms with Crippen LogP contribution in [0.25, 0.3) is 0 Å². The molecule has 4 nitrogen and oxygen atoms in total. The lowest BCUT2D eigenvalue weighted by molar-refractivity contribution is -0.131. The number of aliphatic hydroxyl groups is 1. The minimum absolute atomic E-state index is 0.0346. The number of ether oxygens (including phenoxy) is 1. The highest BCUT2D eigenvalue weighted by molar-refractivity contribution is 5.80. The SMILES string of the molecule is COC(C)C(=O)NC(CCO)C(C)(C)C. The van der Waals surface area contributed by atoms with Gasteiger partial charge in [0.1, 0.15) is 6.10 Å². The van der Waals surface area contributed by atoms with Gasteiger partial charge < -0.3 is 15.2 Å². The lowest BCUT2D eigenvalue weighted by atomic mass is 9.85. The molecule has 0 aromatic rings. The Labute approximate surface area is 92.0 Å². The van der Waals surface area contributed by atoms with Crippen LogP contribution in [-0.4, -0.2) is 36.9 Å². The van der Waals surface area contributed by atoms with E-state index in [2.05, 4.69) is 5.32 Å². The predicted molar refractivity (Wildman–Crippen MR) is 59.6 cm³/mol. The quantitative estimate of drug-likeness (QED) is 0.720. The molecule has 0 saturated heterocycles. The highest BCUT2D eigenvalue weighted by Crippen LogP contribution is 2.21. The Balaban J connectivity index is 4.35. The van der Waals surface area contributed by atoms with Crippen LogP contribution in [0.5, 0.6) is 0 Å². The first-order valence-electron chi connectivity index (χ1n) is 5.27. The van der Waals surface area contributed by atoms with E-state index in [4.69, 9.17) is 9.84 Å². The summed E-state index contributed by atoms with van der Waals surface area (Å²) in [5, 5.41) is 11.8. The van der Waals surface area contributed by atoms with Crippen LogP contribution in [0.1, 0.15) is 34.1 Å². The summed E-state index contributed by atoms with van der Waals surface area (Å²) >= 11 is 0. The average molecular weight is 217 g/mol. The van der Waals surface area contributed by atoms with Crippen LogP contribution in [0.3, 0.4) is 0 Å². The fourth-order valence-corrected chi connectivity index (χ4v) is 1.25. The van der Waals surface area contributed by atoms with Crippen molar-refractivity contribution in [3.63, 3.8) is 0 Å². The molecule has 0 aromatic heterocycles. The number of carbonyl (C=O) groups excluding carboxylic acids is 1. The second kappa shape index (κ2) is 6.08. The van der Waals surface area contributed by atoms with Crippen LogP contribution in [0.2, 0.25) is 0 Å². The summed E-state index contributed by atoms with van der Waals surface area (Å²) in [4.78, 5) is 11.6. The summed E-state index contributed by atoms with van der Waals surface area (Å²) in [7, 11) is 1.50. The lowest BCUT2D eigenvalue weighted by Crippen LogP contribution is -2.47. The van der Waals surface area contributed by atoms with Gasteiger partial charge in [0.25, 0.3) is 0 Å². The van der Waals surface area contributed by atoms with E-state index >= 15 is 0 Å². The molecule has 0 bridgehead atoms. The molecule has 0 aliphatic rings. The molecule has 2 unspecified atom stereocenters. The molecule has 4 heteroatoms. The second-order valence-electron chi connectivity index (χ2n) is 4.82. The zero-order chi connectivity index (χ0) is 12.1. The Hall–Kier alpha value is -0.610. The van der Waals surface area contributed by atoms with Crippen molar-refractivity contribution >= 4 is 5.91 Å². The zero-order valence-electron chi connectivity index (χ0n) is 10.3.